The molecule has 1 aliphatic rings. The number of esters is 2. The van der Waals surface area contributed by atoms with Crippen molar-refractivity contribution in [3.8, 4) is 0 Å². The van der Waals surface area contributed by atoms with E-state index in [9.17, 15) is 14.4 Å². The number of rotatable bonds is 5. The topological polar surface area (TPSA) is 102 Å². The minimum atomic E-state index is -0.930. The lowest BCUT2D eigenvalue weighted by molar-refractivity contribution is -0.140. The van der Waals surface area contributed by atoms with Crippen molar-refractivity contribution < 1.29 is 33.7 Å². The number of carboxylic acid groups (broad SMARTS) is 1. The molecule has 1 heterocycles. The van der Waals surface area contributed by atoms with Crippen LogP contribution >= 0.6 is 0 Å². The lowest BCUT2D eigenvalue weighted by Gasteiger charge is -2.31. The molecule has 0 fully saturated rings. The Kier molecular flexibility index (Phi) is 5.76. The fraction of sp³-hybridized carbons (Fsp3) is 0.353. The number of hydrogen-bond donors (Lipinski definition) is 1. The molecule has 0 amide bonds. The van der Waals surface area contributed by atoms with E-state index in [0.29, 0.717) is 11.3 Å². The number of hydrogen-bond acceptors (Lipinski definition) is 7. The third kappa shape index (κ3) is 3.97. The van der Waals surface area contributed by atoms with Crippen molar-refractivity contribution in [1.29, 1.82) is 0 Å². The number of nitrogens with zero attached hydrogens (tertiary/aromatic N) is 1. The zero-order valence-corrected chi connectivity index (χ0v) is 14.2. The Labute approximate surface area is 144 Å². The smallest absolute Gasteiger partial charge is 0.355 e. The molecule has 0 bridgehead atoms. The first-order chi connectivity index (χ1) is 11.9. The van der Waals surface area contributed by atoms with Gasteiger partial charge in [-0.15, -0.1) is 0 Å². The largest absolute Gasteiger partial charge is 0.481 e. The molecule has 0 radical (unpaired) electrons. The minimum absolute atomic E-state index is 0.0443. The fourth-order valence-electron chi connectivity index (χ4n) is 2.56. The van der Waals surface area contributed by atoms with Crippen LogP contribution in [0, 0.1) is 6.92 Å². The van der Waals surface area contributed by atoms with Crippen LogP contribution in [0.2, 0.25) is 0 Å². The van der Waals surface area contributed by atoms with Gasteiger partial charge >= 0.3 is 17.9 Å². The van der Waals surface area contributed by atoms with Crippen LogP contribution in [0.3, 0.4) is 0 Å². The van der Waals surface area contributed by atoms with E-state index < -0.39 is 17.9 Å². The Morgan fingerprint density at radius 3 is 2.44 bits per heavy atom. The van der Waals surface area contributed by atoms with Crippen molar-refractivity contribution >= 4 is 23.6 Å². The van der Waals surface area contributed by atoms with Gasteiger partial charge in [0.2, 0.25) is 0 Å². The zero-order chi connectivity index (χ0) is 18.6. The Hall–Kier alpha value is -2.87. The second-order valence-electron chi connectivity index (χ2n) is 5.40. The van der Waals surface area contributed by atoms with Crippen molar-refractivity contribution in [2.24, 2.45) is 0 Å². The second kappa shape index (κ2) is 7.80. The maximum absolute atomic E-state index is 12.2. The molecule has 134 valence electrons. The molecule has 0 saturated carbocycles. The van der Waals surface area contributed by atoms with E-state index in [4.69, 9.17) is 19.3 Å². The average molecular weight is 349 g/mol. The number of benzene rings is 1. The third-order valence-corrected chi connectivity index (χ3v) is 3.81. The molecule has 1 aliphatic heterocycles. The Morgan fingerprint density at radius 2 is 1.88 bits per heavy atom. The van der Waals surface area contributed by atoms with Crippen molar-refractivity contribution in [2.45, 2.75) is 13.3 Å². The molecule has 0 unspecified atom stereocenters. The van der Waals surface area contributed by atoms with Gasteiger partial charge < -0.3 is 24.2 Å². The van der Waals surface area contributed by atoms with Crippen LogP contribution in [-0.2, 0) is 35.0 Å². The molecule has 25 heavy (non-hydrogen) atoms. The highest BCUT2D eigenvalue weighted by Crippen LogP contribution is 2.28. The molecule has 1 N–H and O–H groups in total. The molecule has 1 aromatic carbocycles. The molecular weight excluding hydrogens is 330 g/mol. The van der Waals surface area contributed by atoms with E-state index in [-0.39, 0.29) is 31.0 Å². The number of methoxy groups -OCH3 is 2. The van der Waals surface area contributed by atoms with Crippen LogP contribution < -0.4 is 4.90 Å². The first-order valence-electron chi connectivity index (χ1n) is 7.45. The Bertz CT molecular complexity index is 739. The van der Waals surface area contributed by atoms with Gasteiger partial charge in [-0.25, -0.2) is 9.59 Å². The predicted molar refractivity (Wildman–Crippen MR) is 86.9 cm³/mol. The van der Waals surface area contributed by atoms with Crippen molar-refractivity contribution in [3.05, 3.63) is 40.6 Å². The van der Waals surface area contributed by atoms with Crippen molar-refractivity contribution in [1.82, 2.24) is 0 Å². The van der Waals surface area contributed by atoms with Crippen LogP contribution in [0.25, 0.3) is 0 Å². The normalized spacial score (nSPS) is 14.3. The third-order valence-electron chi connectivity index (χ3n) is 3.81. The average Bonchev–Trinajstić information content (AvgIpc) is 2.61. The standard InChI is InChI=1S/C17H19NO7/c1-10-6-12(5-4-11(10)7-14(19)20)18-9-25-8-13(16(21)23-2)15(18)17(22)24-3/h4-6H,7-9H2,1-3H3,(H,19,20). The minimum Gasteiger partial charge on any atom is -0.481 e. The van der Waals surface area contributed by atoms with E-state index in [2.05, 4.69) is 0 Å². The monoisotopic (exact) mass is 349 g/mol. The number of aliphatic carboxylic acids is 1. The van der Waals surface area contributed by atoms with Gasteiger partial charge in [-0.3, -0.25) is 4.79 Å². The summed E-state index contributed by atoms with van der Waals surface area (Å²) in [5.74, 6) is -2.29. The van der Waals surface area contributed by atoms with Crippen LogP contribution in [0.5, 0.6) is 0 Å². The van der Waals surface area contributed by atoms with Gasteiger partial charge in [-0.1, -0.05) is 6.07 Å². The number of ether oxygens (including phenoxy) is 3. The van der Waals surface area contributed by atoms with Crippen molar-refractivity contribution in [3.63, 3.8) is 0 Å². The van der Waals surface area contributed by atoms with Gasteiger partial charge in [0.1, 0.15) is 12.4 Å². The van der Waals surface area contributed by atoms with E-state index in [1.54, 1.807) is 25.1 Å². The quantitative estimate of drug-likeness (QED) is 0.786. The molecule has 8 heteroatoms. The van der Waals surface area contributed by atoms with E-state index >= 15 is 0 Å². The molecule has 1 aromatic rings. The molecule has 0 aromatic heterocycles. The number of carboxylic acids is 1. The first kappa shape index (κ1) is 18.5. The highest BCUT2D eigenvalue weighted by atomic mass is 16.5. The molecule has 0 spiro atoms. The predicted octanol–water partition coefficient (Wildman–Crippen LogP) is 1.02. The van der Waals surface area contributed by atoms with Crippen LogP contribution in [0.15, 0.2) is 29.5 Å². The molecule has 8 nitrogen and oxygen atoms in total. The zero-order valence-electron chi connectivity index (χ0n) is 14.2. The van der Waals surface area contributed by atoms with Gasteiger partial charge in [-0.05, 0) is 30.2 Å². The lowest BCUT2D eigenvalue weighted by Crippen LogP contribution is -2.38. The maximum Gasteiger partial charge on any atom is 0.355 e. The highest BCUT2D eigenvalue weighted by Gasteiger charge is 2.32. The van der Waals surface area contributed by atoms with E-state index in [1.165, 1.54) is 19.1 Å². The van der Waals surface area contributed by atoms with E-state index in [1.807, 2.05) is 0 Å². The summed E-state index contributed by atoms with van der Waals surface area (Å²) in [6, 6.07) is 5.06. The Morgan fingerprint density at radius 1 is 1.20 bits per heavy atom. The summed E-state index contributed by atoms with van der Waals surface area (Å²) in [4.78, 5) is 36.6. The summed E-state index contributed by atoms with van der Waals surface area (Å²) in [7, 11) is 2.44. The molecular formula is C17H19NO7. The summed E-state index contributed by atoms with van der Waals surface area (Å²) < 4.78 is 14.9. The van der Waals surface area contributed by atoms with Crippen LogP contribution in [-0.4, -0.2) is 50.6 Å². The number of aryl methyl sites for hydroxylation is 1. The lowest BCUT2D eigenvalue weighted by atomic mass is 10.0. The fourth-order valence-corrected chi connectivity index (χ4v) is 2.56. The van der Waals surface area contributed by atoms with Gasteiger partial charge in [0.05, 0.1) is 32.8 Å². The summed E-state index contributed by atoms with van der Waals surface area (Å²) in [5.41, 5.74) is 2.09. The van der Waals surface area contributed by atoms with Gasteiger partial charge in [-0.2, -0.15) is 0 Å². The Balaban J connectivity index is 2.48. The molecule has 0 aliphatic carbocycles. The number of anilines is 1. The SMILES string of the molecule is COC(=O)C1=C(C(=O)OC)N(c2ccc(CC(=O)O)c(C)c2)COC1. The summed E-state index contributed by atoms with van der Waals surface area (Å²) in [6.45, 7) is 1.75. The molecule has 2 rings (SSSR count). The highest BCUT2D eigenvalue weighted by molar-refractivity contribution is 6.03. The molecule has 0 saturated heterocycles. The van der Waals surface area contributed by atoms with Gasteiger partial charge in [0, 0.05) is 5.69 Å². The summed E-state index contributed by atoms with van der Waals surface area (Å²) >= 11 is 0. The summed E-state index contributed by atoms with van der Waals surface area (Å²) in [6.07, 6.45) is -0.101. The summed E-state index contributed by atoms with van der Waals surface area (Å²) in [5, 5.41) is 8.93. The van der Waals surface area contributed by atoms with Crippen molar-refractivity contribution in [2.75, 3.05) is 32.5 Å². The number of carbonyl (C=O) groups is 3. The van der Waals surface area contributed by atoms with Gasteiger partial charge in [0.25, 0.3) is 0 Å². The maximum atomic E-state index is 12.2. The van der Waals surface area contributed by atoms with E-state index in [0.717, 1.165) is 5.56 Å². The number of carbonyl (C=O) groups excluding carboxylic acids is 2. The molecule has 0 atom stereocenters. The first-order valence-corrected chi connectivity index (χ1v) is 7.45. The van der Waals surface area contributed by atoms with Gasteiger partial charge in [0.15, 0.2) is 0 Å². The van der Waals surface area contributed by atoms with Crippen LogP contribution in [0.4, 0.5) is 5.69 Å². The van der Waals surface area contributed by atoms with Crippen LogP contribution in [0.1, 0.15) is 11.1 Å². The second-order valence-corrected chi connectivity index (χ2v) is 5.40.